The highest BCUT2D eigenvalue weighted by Gasteiger charge is 2.50. The van der Waals surface area contributed by atoms with Gasteiger partial charge in [0.15, 0.2) is 5.78 Å². The van der Waals surface area contributed by atoms with Crippen LogP contribution in [0.1, 0.15) is 31.5 Å². The molecule has 0 bridgehead atoms. The van der Waals surface area contributed by atoms with Gasteiger partial charge in [-0.3, -0.25) is 14.7 Å². The van der Waals surface area contributed by atoms with Crippen LogP contribution >= 0.6 is 0 Å². The van der Waals surface area contributed by atoms with Gasteiger partial charge in [-0.15, -0.1) is 4.68 Å². The van der Waals surface area contributed by atoms with Gasteiger partial charge in [0.25, 0.3) is 6.20 Å². The summed E-state index contributed by atoms with van der Waals surface area (Å²) in [5.74, 6) is -0.102. The van der Waals surface area contributed by atoms with E-state index in [9.17, 15) is 15.3 Å². The third kappa shape index (κ3) is 2.02. The number of allylic oxidation sites excluding steroid dienone is 2. The number of carbonyl (C=O) groups excluding carboxylic acids is 1. The summed E-state index contributed by atoms with van der Waals surface area (Å²) in [5.41, 5.74) is 3.73. The van der Waals surface area contributed by atoms with E-state index in [2.05, 4.69) is 13.0 Å². The van der Waals surface area contributed by atoms with Crippen molar-refractivity contribution in [2.24, 2.45) is 25.9 Å². The standard InChI is InChI=1S/C19H22N5O2/c1-11-15-6-5-14-16(13-9-22(3)24(26)10-13)23(4)21-18(14)19(15,2)7-12(8-20)17(11)25/h7,9-11,15,26H,5-6H2,1-4H3/q+1/t11-,15-,19-/m0/s1. The van der Waals surface area contributed by atoms with Crippen molar-refractivity contribution < 1.29 is 14.8 Å². The Bertz CT molecular complexity index is 987. The first-order valence-electron chi connectivity index (χ1n) is 8.79. The molecule has 0 saturated heterocycles. The number of nitrogens with zero attached hydrogens (tertiary/aromatic N) is 5. The second kappa shape index (κ2) is 5.31. The Morgan fingerprint density at radius 2 is 2.19 bits per heavy atom. The Morgan fingerprint density at radius 1 is 1.46 bits per heavy atom. The molecule has 0 unspecified atom stereocenters. The number of hydrogen-bond donors (Lipinski definition) is 1. The van der Waals surface area contributed by atoms with E-state index in [4.69, 9.17) is 5.10 Å². The maximum Gasteiger partial charge on any atom is 0.263 e. The molecule has 0 radical (unpaired) electrons. The van der Waals surface area contributed by atoms with Gasteiger partial charge >= 0.3 is 0 Å². The molecule has 26 heavy (non-hydrogen) atoms. The van der Waals surface area contributed by atoms with Crippen LogP contribution in [0.25, 0.3) is 11.3 Å². The van der Waals surface area contributed by atoms with Crippen molar-refractivity contribution in [1.82, 2.24) is 14.5 Å². The van der Waals surface area contributed by atoms with E-state index in [1.807, 2.05) is 30.9 Å². The van der Waals surface area contributed by atoms with Crippen molar-refractivity contribution in [2.75, 3.05) is 0 Å². The highest BCUT2D eigenvalue weighted by molar-refractivity contribution is 6.02. The van der Waals surface area contributed by atoms with Gasteiger partial charge in [0, 0.05) is 23.9 Å². The lowest BCUT2D eigenvalue weighted by atomic mass is 9.58. The molecule has 0 fully saturated rings. The van der Waals surface area contributed by atoms with E-state index in [1.54, 1.807) is 17.9 Å². The number of fused-ring (bicyclic) bond motifs is 3. The van der Waals surface area contributed by atoms with Gasteiger partial charge < -0.3 is 0 Å². The summed E-state index contributed by atoms with van der Waals surface area (Å²) in [6.07, 6.45) is 7.04. The van der Waals surface area contributed by atoms with Crippen molar-refractivity contribution in [3.8, 4) is 17.3 Å². The van der Waals surface area contributed by atoms with Gasteiger partial charge in [-0.25, -0.2) is 0 Å². The smallest absolute Gasteiger partial charge is 0.263 e. The first kappa shape index (κ1) is 16.6. The first-order chi connectivity index (χ1) is 12.3. The Kier molecular flexibility index (Phi) is 3.38. The van der Waals surface area contributed by atoms with Crippen LogP contribution in [0.5, 0.6) is 0 Å². The molecule has 7 nitrogen and oxygen atoms in total. The minimum atomic E-state index is -0.439. The van der Waals surface area contributed by atoms with Crippen LogP contribution in [0.2, 0.25) is 0 Å². The average molecular weight is 352 g/mol. The average Bonchev–Trinajstić information content (AvgIpc) is 3.10. The molecular weight excluding hydrogens is 330 g/mol. The van der Waals surface area contributed by atoms with Crippen molar-refractivity contribution in [3.63, 3.8) is 0 Å². The molecule has 2 aromatic rings. The second-order valence-corrected chi connectivity index (χ2v) is 7.66. The zero-order chi connectivity index (χ0) is 18.8. The third-order valence-corrected chi connectivity index (χ3v) is 6.16. The van der Waals surface area contributed by atoms with Crippen LogP contribution in [0, 0.1) is 23.2 Å². The van der Waals surface area contributed by atoms with E-state index >= 15 is 0 Å². The number of hydrogen-bond acceptors (Lipinski definition) is 4. The van der Waals surface area contributed by atoms with Crippen LogP contribution in [0.4, 0.5) is 0 Å². The van der Waals surface area contributed by atoms with Gasteiger partial charge in [-0.2, -0.15) is 10.4 Å². The highest BCUT2D eigenvalue weighted by Crippen LogP contribution is 2.50. The summed E-state index contributed by atoms with van der Waals surface area (Å²) >= 11 is 0. The molecule has 0 amide bonds. The Labute approximate surface area is 151 Å². The zero-order valence-electron chi connectivity index (χ0n) is 15.4. The quantitative estimate of drug-likeness (QED) is 0.621. The minimum Gasteiger partial charge on any atom is -0.293 e. The normalized spacial score (nSPS) is 27.5. The SMILES string of the molecule is C[C@@H]1C(=O)C(C#N)=C[C@]2(C)c3nn(C)c(-c4cn(C)[n+](O)c4)c3CC[C@@H]12. The van der Waals surface area contributed by atoms with Gasteiger partial charge in [0.1, 0.15) is 6.07 Å². The van der Waals surface area contributed by atoms with Crippen LogP contribution in [-0.4, -0.2) is 25.5 Å². The van der Waals surface area contributed by atoms with E-state index in [-0.39, 0.29) is 23.2 Å². The maximum atomic E-state index is 12.4. The summed E-state index contributed by atoms with van der Waals surface area (Å²) in [4.78, 5) is 13.5. The topological polar surface area (TPSA) is 87.7 Å². The summed E-state index contributed by atoms with van der Waals surface area (Å²) < 4.78 is 3.44. The van der Waals surface area contributed by atoms with E-state index in [0.29, 0.717) is 0 Å². The van der Waals surface area contributed by atoms with Crippen molar-refractivity contribution in [2.45, 2.75) is 32.1 Å². The van der Waals surface area contributed by atoms with Crippen LogP contribution < -0.4 is 4.85 Å². The van der Waals surface area contributed by atoms with Crippen molar-refractivity contribution in [3.05, 3.63) is 35.3 Å². The number of aromatic nitrogens is 4. The van der Waals surface area contributed by atoms with E-state index in [0.717, 1.165) is 40.2 Å². The molecule has 2 aromatic heterocycles. The predicted octanol–water partition coefficient (Wildman–Crippen LogP) is 1.44. The van der Waals surface area contributed by atoms with Gasteiger partial charge in [-0.1, -0.05) is 19.9 Å². The third-order valence-electron chi connectivity index (χ3n) is 6.16. The predicted molar refractivity (Wildman–Crippen MR) is 92.0 cm³/mol. The van der Waals surface area contributed by atoms with E-state index in [1.165, 1.54) is 0 Å². The van der Waals surface area contributed by atoms with Gasteiger partial charge in [-0.05, 0) is 18.8 Å². The Balaban J connectivity index is 1.94. The summed E-state index contributed by atoms with van der Waals surface area (Å²) in [5, 5.41) is 24.1. The molecule has 0 aliphatic heterocycles. The monoisotopic (exact) mass is 352 g/mol. The Hall–Kier alpha value is -2.88. The summed E-state index contributed by atoms with van der Waals surface area (Å²) in [6, 6.07) is 2.07. The number of ketones is 1. The largest absolute Gasteiger partial charge is 0.293 e. The van der Waals surface area contributed by atoms with Gasteiger partial charge in [0.05, 0.1) is 40.6 Å². The molecule has 2 aliphatic carbocycles. The van der Waals surface area contributed by atoms with E-state index < -0.39 is 5.41 Å². The molecule has 3 atom stereocenters. The fraction of sp³-hybridized carbons (Fsp3) is 0.474. The molecule has 0 saturated carbocycles. The zero-order valence-corrected chi connectivity index (χ0v) is 15.4. The lowest BCUT2D eigenvalue weighted by molar-refractivity contribution is -0.962. The number of aryl methyl sites for hydroxylation is 2. The lowest BCUT2D eigenvalue weighted by Crippen LogP contribution is -2.45. The number of nitriles is 1. The number of rotatable bonds is 1. The minimum absolute atomic E-state index is 0.0565. The molecule has 2 aliphatic rings. The fourth-order valence-corrected chi connectivity index (χ4v) is 4.84. The molecule has 0 aromatic carbocycles. The Morgan fingerprint density at radius 3 is 2.81 bits per heavy atom. The molecule has 1 N–H and O–H groups in total. The second-order valence-electron chi connectivity index (χ2n) is 7.66. The molecule has 2 heterocycles. The van der Waals surface area contributed by atoms with Crippen LogP contribution in [-0.2, 0) is 30.7 Å². The lowest BCUT2D eigenvalue weighted by Gasteiger charge is -2.44. The molecule has 134 valence electrons. The van der Waals surface area contributed by atoms with Crippen LogP contribution in [0.15, 0.2) is 24.0 Å². The first-order valence-corrected chi connectivity index (χ1v) is 8.79. The van der Waals surface area contributed by atoms with Crippen LogP contribution in [0.3, 0.4) is 0 Å². The highest BCUT2D eigenvalue weighted by atomic mass is 16.5. The van der Waals surface area contributed by atoms with Gasteiger partial charge in [0.2, 0.25) is 0 Å². The number of carbonyl (C=O) groups is 1. The maximum absolute atomic E-state index is 12.4. The molecule has 7 heteroatoms. The fourth-order valence-electron chi connectivity index (χ4n) is 4.84. The van der Waals surface area contributed by atoms with Crippen molar-refractivity contribution >= 4 is 5.78 Å². The molecule has 0 spiro atoms. The summed E-state index contributed by atoms with van der Waals surface area (Å²) in [6.45, 7) is 4.01. The molecule has 4 rings (SSSR count). The number of Topliss-reactive ketones (excluding diaryl/α,β-unsaturated/α-hetero) is 1. The van der Waals surface area contributed by atoms with Crippen molar-refractivity contribution in [1.29, 1.82) is 5.26 Å². The summed E-state index contributed by atoms with van der Waals surface area (Å²) in [7, 11) is 3.66. The molecular formula is C19H22N5O2+.